The number of sulfonamides is 1. The van der Waals surface area contributed by atoms with Crippen LogP contribution in [0.5, 0.6) is 0 Å². The zero-order valence-electron chi connectivity index (χ0n) is 17.4. The molecule has 4 rings (SSSR count). The lowest BCUT2D eigenvalue weighted by Crippen LogP contribution is -2.29. The highest BCUT2D eigenvalue weighted by molar-refractivity contribution is 7.89. The summed E-state index contributed by atoms with van der Waals surface area (Å²) in [6.07, 6.45) is 0. The van der Waals surface area contributed by atoms with Gasteiger partial charge < -0.3 is 9.73 Å². The van der Waals surface area contributed by atoms with Crippen molar-refractivity contribution in [1.82, 2.24) is 14.9 Å². The molecular weight excluding hydrogens is 464 g/mol. The Labute approximate surface area is 195 Å². The normalized spacial score (nSPS) is 12.3. The van der Waals surface area contributed by atoms with E-state index in [1.54, 1.807) is 24.3 Å². The minimum atomic E-state index is -3.99. The molecule has 1 aromatic heterocycles. The average Bonchev–Trinajstić information content (AvgIpc) is 3.29. The minimum absolute atomic E-state index is 0.0124. The molecule has 0 saturated heterocycles. The standard InChI is InChI=1S/C23H19ClN4O4S/c1-15(29)25-19-11-13-20(14-12-19)33(30,31)28-21(16-7-9-18(24)10-8-16)23-27-26-22(32-23)17-5-3-2-4-6-17/h2-14,21,28H,1H3,(H,25,29)/t21-/m0/s1. The van der Waals surface area contributed by atoms with E-state index in [9.17, 15) is 13.2 Å². The number of nitrogens with zero attached hydrogens (tertiary/aromatic N) is 2. The second-order valence-corrected chi connectivity index (χ2v) is 9.27. The average molecular weight is 483 g/mol. The predicted molar refractivity (Wildman–Crippen MR) is 124 cm³/mol. The van der Waals surface area contributed by atoms with Crippen LogP contribution in [0.25, 0.3) is 11.5 Å². The Kier molecular flexibility index (Phi) is 6.55. The molecule has 0 aliphatic rings. The van der Waals surface area contributed by atoms with Crippen LogP contribution in [-0.2, 0) is 14.8 Å². The van der Waals surface area contributed by atoms with E-state index in [1.807, 2.05) is 30.3 Å². The number of rotatable bonds is 7. The fraction of sp³-hybridized carbons (Fsp3) is 0.0870. The Balaban J connectivity index is 1.68. The molecule has 168 valence electrons. The van der Waals surface area contributed by atoms with Crippen molar-refractivity contribution in [3.05, 3.63) is 95.3 Å². The molecule has 1 heterocycles. The van der Waals surface area contributed by atoms with Gasteiger partial charge in [0.2, 0.25) is 27.7 Å². The zero-order valence-corrected chi connectivity index (χ0v) is 19.0. The van der Waals surface area contributed by atoms with Crippen LogP contribution in [0, 0.1) is 0 Å². The summed E-state index contributed by atoms with van der Waals surface area (Å²) in [4.78, 5) is 11.2. The van der Waals surface area contributed by atoms with Gasteiger partial charge in [-0.1, -0.05) is 41.9 Å². The molecular formula is C23H19ClN4O4S. The second-order valence-electron chi connectivity index (χ2n) is 7.12. The summed E-state index contributed by atoms with van der Waals surface area (Å²) in [6, 6.07) is 20.7. The SMILES string of the molecule is CC(=O)Nc1ccc(S(=O)(=O)N[C@@H](c2ccc(Cl)cc2)c2nnc(-c3ccccc3)o2)cc1. The van der Waals surface area contributed by atoms with Crippen LogP contribution in [0.3, 0.4) is 0 Å². The lowest BCUT2D eigenvalue weighted by atomic mass is 10.1. The predicted octanol–water partition coefficient (Wildman–Crippen LogP) is 4.42. The maximum absolute atomic E-state index is 13.2. The monoisotopic (exact) mass is 482 g/mol. The number of anilines is 1. The number of benzene rings is 3. The van der Waals surface area contributed by atoms with Gasteiger partial charge in [-0.05, 0) is 54.1 Å². The maximum Gasteiger partial charge on any atom is 0.247 e. The maximum atomic E-state index is 13.2. The fourth-order valence-corrected chi connectivity index (χ4v) is 4.41. The van der Waals surface area contributed by atoms with Crippen LogP contribution < -0.4 is 10.0 Å². The zero-order chi connectivity index (χ0) is 23.4. The van der Waals surface area contributed by atoms with Crippen LogP contribution in [0.15, 0.2) is 88.2 Å². The van der Waals surface area contributed by atoms with Crippen LogP contribution in [0.2, 0.25) is 5.02 Å². The summed E-state index contributed by atoms with van der Waals surface area (Å²) < 4.78 is 34.8. The van der Waals surface area contributed by atoms with Crippen molar-refractivity contribution in [1.29, 1.82) is 0 Å². The number of halogens is 1. The molecule has 4 aromatic rings. The molecule has 0 aliphatic heterocycles. The summed E-state index contributed by atoms with van der Waals surface area (Å²) in [7, 11) is -3.99. The highest BCUT2D eigenvalue weighted by Gasteiger charge is 2.27. The topological polar surface area (TPSA) is 114 Å². The van der Waals surface area contributed by atoms with Crippen molar-refractivity contribution < 1.29 is 17.6 Å². The molecule has 0 radical (unpaired) electrons. The summed E-state index contributed by atoms with van der Waals surface area (Å²) in [5.74, 6) is 0.0928. The first kappa shape index (κ1) is 22.7. The van der Waals surface area contributed by atoms with Gasteiger partial charge in [-0.3, -0.25) is 4.79 Å². The summed E-state index contributed by atoms with van der Waals surface area (Å²) in [6.45, 7) is 1.37. The number of hydrogen-bond acceptors (Lipinski definition) is 6. The smallest absolute Gasteiger partial charge is 0.247 e. The van der Waals surface area contributed by atoms with E-state index in [1.165, 1.54) is 31.2 Å². The summed E-state index contributed by atoms with van der Waals surface area (Å²) >= 11 is 6.01. The quantitative estimate of drug-likeness (QED) is 0.403. The third-order valence-corrected chi connectivity index (χ3v) is 6.36. The molecule has 0 aliphatic carbocycles. The van der Waals surface area contributed by atoms with Crippen LogP contribution in [-0.4, -0.2) is 24.5 Å². The third-order valence-electron chi connectivity index (χ3n) is 4.67. The second kappa shape index (κ2) is 9.53. The van der Waals surface area contributed by atoms with Gasteiger partial charge in [-0.25, -0.2) is 8.42 Å². The van der Waals surface area contributed by atoms with Crippen LogP contribution in [0.1, 0.15) is 24.4 Å². The highest BCUT2D eigenvalue weighted by Crippen LogP contribution is 2.28. The number of hydrogen-bond donors (Lipinski definition) is 2. The van der Waals surface area contributed by atoms with Gasteiger partial charge in [-0.2, -0.15) is 4.72 Å². The molecule has 33 heavy (non-hydrogen) atoms. The largest absolute Gasteiger partial charge is 0.419 e. The minimum Gasteiger partial charge on any atom is -0.419 e. The Hall–Kier alpha value is -3.53. The molecule has 3 aromatic carbocycles. The number of carbonyl (C=O) groups excluding carboxylic acids is 1. The number of aromatic nitrogens is 2. The van der Waals surface area contributed by atoms with E-state index in [0.717, 1.165) is 0 Å². The van der Waals surface area contributed by atoms with E-state index in [2.05, 4.69) is 20.2 Å². The lowest BCUT2D eigenvalue weighted by molar-refractivity contribution is -0.114. The molecule has 0 spiro atoms. The molecule has 0 unspecified atom stereocenters. The van der Waals surface area contributed by atoms with Crippen molar-refractivity contribution in [3.8, 4) is 11.5 Å². The van der Waals surface area contributed by atoms with Crippen molar-refractivity contribution in [3.63, 3.8) is 0 Å². The first-order chi connectivity index (χ1) is 15.8. The van der Waals surface area contributed by atoms with Gasteiger partial charge in [0.15, 0.2) is 0 Å². The molecule has 0 saturated carbocycles. The van der Waals surface area contributed by atoms with E-state index in [0.29, 0.717) is 21.8 Å². The molecule has 8 nitrogen and oxygen atoms in total. The molecule has 2 N–H and O–H groups in total. The Morgan fingerprint density at radius 2 is 1.61 bits per heavy atom. The van der Waals surface area contributed by atoms with E-state index in [-0.39, 0.29) is 22.6 Å². The first-order valence-electron chi connectivity index (χ1n) is 9.86. The third kappa shape index (κ3) is 5.46. The highest BCUT2D eigenvalue weighted by atomic mass is 35.5. The van der Waals surface area contributed by atoms with Crippen molar-refractivity contribution in [2.24, 2.45) is 0 Å². The van der Waals surface area contributed by atoms with Gasteiger partial charge in [0.25, 0.3) is 0 Å². The van der Waals surface area contributed by atoms with Gasteiger partial charge in [0, 0.05) is 23.2 Å². The Morgan fingerprint density at radius 1 is 0.939 bits per heavy atom. The first-order valence-corrected chi connectivity index (χ1v) is 11.7. The Morgan fingerprint density at radius 3 is 2.24 bits per heavy atom. The van der Waals surface area contributed by atoms with Gasteiger partial charge >= 0.3 is 0 Å². The molecule has 10 heteroatoms. The van der Waals surface area contributed by atoms with Gasteiger partial charge in [-0.15, -0.1) is 10.2 Å². The molecule has 1 atom stereocenters. The molecule has 1 amide bonds. The van der Waals surface area contributed by atoms with Gasteiger partial charge in [0.05, 0.1) is 4.90 Å². The number of carbonyl (C=O) groups is 1. The van der Waals surface area contributed by atoms with Crippen molar-refractivity contribution >= 4 is 33.2 Å². The van der Waals surface area contributed by atoms with Crippen molar-refractivity contribution in [2.45, 2.75) is 17.9 Å². The number of amides is 1. The van der Waals surface area contributed by atoms with Crippen molar-refractivity contribution in [2.75, 3.05) is 5.32 Å². The van der Waals surface area contributed by atoms with Gasteiger partial charge in [0.1, 0.15) is 6.04 Å². The Bertz CT molecular complexity index is 1360. The molecule has 0 fully saturated rings. The lowest BCUT2D eigenvalue weighted by Gasteiger charge is -2.16. The summed E-state index contributed by atoms with van der Waals surface area (Å²) in [5.41, 5.74) is 1.77. The van der Waals surface area contributed by atoms with Crippen LogP contribution >= 0.6 is 11.6 Å². The summed E-state index contributed by atoms with van der Waals surface area (Å²) in [5, 5.41) is 11.3. The fourth-order valence-electron chi connectivity index (χ4n) is 3.11. The van der Waals surface area contributed by atoms with E-state index in [4.69, 9.17) is 16.0 Å². The molecule has 0 bridgehead atoms. The van der Waals surface area contributed by atoms with Crippen LogP contribution in [0.4, 0.5) is 5.69 Å². The number of nitrogens with one attached hydrogen (secondary N) is 2. The van der Waals surface area contributed by atoms with E-state index < -0.39 is 16.1 Å². The van der Waals surface area contributed by atoms with E-state index >= 15 is 0 Å².